The number of cyclic esters (lactones) is 1. The van der Waals surface area contributed by atoms with Crippen LogP contribution in [-0.4, -0.2) is 58.5 Å². The summed E-state index contributed by atoms with van der Waals surface area (Å²) in [5.41, 5.74) is 0. The Hall–Kier alpha value is -0.650. The third-order valence-corrected chi connectivity index (χ3v) is 2.40. The molecule has 0 aromatic carbocycles. The molecule has 0 radical (unpaired) electrons. The van der Waals surface area contributed by atoms with Crippen LogP contribution in [0.3, 0.4) is 0 Å². The first kappa shape index (κ1) is 12.4. The fourth-order valence-electron chi connectivity index (χ4n) is 1.93. The Balaban J connectivity index is 2.73. The summed E-state index contributed by atoms with van der Waals surface area (Å²) in [5.74, 6) is -0.413. The minimum Gasteiger partial charge on any atom is -0.460 e. The van der Waals surface area contributed by atoms with Crippen molar-refractivity contribution in [3.63, 3.8) is 0 Å². The SMILES string of the molecule is CC(O)CN1CC(C)OC(=O)C1C(C)O. The Morgan fingerprint density at radius 1 is 1.53 bits per heavy atom. The molecule has 1 saturated heterocycles. The predicted octanol–water partition coefficient (Wildman–Crippen LogP) is -0.636. The van der Waals surface area contributed by atoms with Gasteiger partial charge in [0.25, 0.3) is 0 Å². The van der Waals surface area contributed by atoms with Gasteiger partial charge in [0, 0.05) is 13.1 Å². The minimum atomic E-state index is -0.788. The van der Waals surface area contributed by atoms with Crippen molar-refractivity contribution in [3.05, 3.63) is 0 Å². The predicted molar refractivity (Wildman–Crippen MR) is 54.3 cm³/mol. The third-order valence-electron chi connectivity index (χ3n) is 2.40. The summed E-state index contributed by atoms with van der Waals surface area (Å²) in [7, 11) is 0. The van der Waals surface area contributed by atoms with E-state index in [2.05, 4.69) is 0 Å². The number of β-amino-alcohol motifs (C(OH)–C–C–N with tert-alkyl or cyclic N) is 1. The molecule has 88 valence electrons. The maximum Gasteiger partial charge on any atom is 0.326 e. The zero-order chi connectivity index (χ0) is 11.6. The molecule has 4 unspecified atom stereocenters. The molecule has 1 fully saturated rings. The van der Waals surface area contributed by atoms with E-state index in [4.69, 9.17) is 4.74 Å². The summed E-state index contributed by atoms with van der Waals surface area (Å²) in [6, 6.07) is -0.657. The van der Waals surface area contributed by atoms with Crippen LogP contribution in [0.2, 0.25) is 0 Å². The maximum atomic E-state index is 11.5. The molecule has 1 aliphatic rings. The van der Waals surface area contributed by atoms with Gasteiger partial charge in [-0.25, -0.2) is 0 Å². The number of aliphatic hydroxyl groups excluding tert-OH is 2. The van der Waals surface area contributed by atoms with Crippen LogP contribution in [0.5, 0.6) is 0 Å². The van der Waals surface area contributed by atoms with E-state index in [-0.39, 0.29) is 6.10 Å². The molecular formula is C10H19NO4. The number of carbonyl (C=O) groups is 1. The van der Waals surface area contributed by atoms with Gasteiger partial charge in [0.2, 0.25) is 0 Å². The standard InChI is InChI=1S/C10H19NO4/c1-6(12)4-11-5-7(2)15-10(14)9(11)8(3)13/h6-9,12-13H,4-5H2,1-3H3. The zero-order valence-corrected chi connectivity index (χ0v) is 9.38. The lowest BCUT2D eigenvalue weighted by atomic mass is 10.1. The lowest BCUT2D eigenvalue weighted by Crippen LogP contribution is -2.57. The fraction of sp³-hybridized carbons (Fsp3) is 0.900. The van der Waals surface area contributed by atoms with E-state index in [9.17, 15) is 15.0 Å². The van der Waals surface area contributed by atoms with Gasteiger partial charge in [-0.3, -0.25) is 9.69 Å². The summed E-state index contributed by atoms with van der Waals surface area (Å²) in [6.07, 6.45) is -1.50. The Labute approximate surface area is 89.6 Å². The molecule has 1 heterocycles. The molecule has 5 heteroatoms. The third kappa shape index (κ3) is 3.15. The molecule has 4 atom stereocenters. The van der Waals surface area contributed by atoms with Gasteiger partial charge < -0.3 is 14.9 Å². The molecule has 0 spiro atoms. The molecule has 1 aliphatic heterocycles. The topological polar surface area (TPSA) is 70.0 Å². The number of nitrogens with zero attached hydrogens (tertiary/aromatic N) is 1. The minimum absolute atomic E-state index is 0.189. The van der Waals surface area contributed by atoms with E-state index in [1.165, 1.54) is 0 Å². The normalized spacial score (nSPS) is 32.2. The van der Waals surface area contributed by atoms with Gasteiger partial charge in [-0.2, -0.15) is 0 Å². The molecule has 2 N–H and O–H groups in total. The van der Waals surface area contributed by atoms with E-state index in [1.54, 1.807) is 25.7 Å². The average molecular weight is 217 g/mol. The monoisotopic (exact) mass is 217 g/mol. The molecule has 0 aliphatic carbocycles. The number of hydrogen-bond donors (Lipinski definition) is 2. The Kier molecular flexibility index (Phi) is 4.07. The van der Waals surface area contributed by atoms with Crippen LogP contribution in [-0.2, 0) is 9.53 Å². The highest BCUT2D eigenvalue weighted by Gasteiger charge is 2.38. The van der Waals surface area contributed by atoms with Crippen molar-refractivity contribution >= 4 is 5.97 Å². The first-order chi connectivity index (χ1) is 6.91. The van der Waals surface area contributed by atoms with Gasteiger partial charge in [-0.05, 0) is 20.8 Å². The summed E-state index contributed by atoms with van der Waals surface area (Å²) in [5, 5.41) is 18.8. The summed E-state index contributed by atoms with van der Waals surface area (Å²) < 4.78 is 5.05. The zero-order valence-electron chi connectivity index (χ0n) is 9.38. The molecule has 1 rings (SSSR count). The van der Waals surface area contributed by atoms with E-state index in [0.29, 0.717) is 13.1 Å². The van der Waals surface area contributed by atoms with E-state index in [1.807, 2.05) is 0 Å². The van der Waals surface area contributed by atoms with Crippen molar-refractivity contribution in [2.24, 2.45) is 0 Å². The average Bonchev–Trinajstić information content (AvgIpc) is 1.99. The molecular weight excluding hydrogens is 198 g/mol. The molecule has 0 bridgehead atoms. The van der Waals surface area contributed by atoms with Gasteiger partial charge in [0.05, 0.1) is 12.2 Å². The van der Waals surface area contributed by atoms with E-state index < -0.39 is 24.2 Å². The van der Waals surface area contributed by atoms with Gasteiger partial charge in [0.15, 0.2) is 0 Å². The largest absolute Gasteiger partial charge is 0.460 e. The quantitative estimate of drug-likeness (QED) is 0.616. The number of hydrogen-bond acceptors (Lipinski definition) is 5. The molecule has 0 aromatic rings. The van der Waals surface area contributed by atoms with Crippen LogP contribution in [0.15, 0.2) is 0 Å². The molecule has 5 nitrogen and oxygen atoms in total. The lowest BCUT2D eigenvalue weighted by molar-refractivity contribution is -0.171. The molecule has 0 aromatic heterocycles. The smallest absolute Gasteiger partial charge is 0.326 e. The number of ether oxygens (including phenoxy) is 1. The van der Waals surface area contributed by atoms with Gasteiger partial charge >= 0.3 is 5.97 Å². The number of esters is 1. The number of aliphatic hydroxyl groups is 2. The van der Waals surface area contributed by atoms with Crippen molar-refractivity contribution < 1.29 is 19.7 Å². The maximum absolute atomic E-state index is 11.5. The van der Waals surface area contributed by atoms with Crippen LogP contribution >= 0.6 is 0 Å². The van der Waals surface area contributed by atoms with Gasteiger partial charge in [-0.1, -0.05) is 0 Å². The summed E-state index contributed by atoms with van der Waals surface area (Å²) in [4.78, 5) is 13.3. The van der Waals surface area contributed by atoms with Crippen molar-refractivity contribution in [1.82, 2.24) is 4.90 Å². The number of morpholine rings is 1. The fourth-order valence-corrected chi connectivity index (χ4v) is 1.93. The summed E-state index contributed by atoms with van der Waals surface area (Å²) >= 11 is 0. The second-order valence-electron chi connectivity index (χ2n) is 4.24. The Bertz CT molecular complexity index is 227. The second-order valence-corrected chi connectivity index (χ2v) is 4.24. The Morgan fingerprint density at radius 2 is 2.13 bits per heavy atom. The van der Waals surface area contributed by atoms with Crippen molar-refractivity contribution in [2.75, 3.05) is 13.1 Å². The molecule has 0 amide bonds. The second kappa shape index (κ2) is 4.92. The first-order valence-electron chi connectivity index (χ1n) is 5.22. The highest BCUT2D eigenvalue weighted by molar-refractivity contribution is 5.77. The highest BCUT2D eigenvalue weighted by Crippen LogP contribution is 2.16. The molecule has 15 heavy (non-hydrogen) atoms. The highest BCUT2D eigenvalue weighted by atomic mass is 16.5. The summed E-state index contributed by atoms with van der Waals surface area (Å²) in [6.45, 7) is 5.92. The number of rotatable bonds is 3. The number of carbonyl (C=O) groups excluding carboxylic acids is 1. The van der Waals surface area contributed by atoms with E-state index >= 15 is 0 Å². The van der Waals surface area contributed by atoms with E-state index in [0.717, 1.165) is 0 Å². The van der Waals surface area contributed by atoms with Crippen LogP contribution in [0.25, 0.3) is 0 Å². The van der Waals surface area contributed by atoms with Crippen molar-refractivity contribution in [3.8, 4) is 0 Å². The van der Waals surface area contributed by atoms with Crippen molar-refractivity contribution in [1.29, 1.82) is 0 Å². The van der Waals surface area contributed by atoms with Crippen LogP contribution < -0.4 is 0 Å². The van der Waals surface area contributed by atoms with Crippen molar-refractivity contribution in [2.45, 2.75) is 45.1 Å². The lowest BCUT2D eigenvalue weighted by Gasteiger charge is -2.39. The van der Waals surface area contributed by atoms with Crippen LogP contribution in [0, 0.1) is 0 Å². The first-order valence-corrected chi connectivity index (χ1v) is 5.22. The van der Waals surface area contributed by atoms with Crippen LogP contribution in [0.1, 0.15) is 20.8 Å². The van der Waals surface area contributed by atoms with Gasteiger partial charge in [0.1, 0.15) is 12.1 Å². The van der Waals surface area contributed by atoms with Crippen LogP contribution in [0.4, 0.5) is 0 Å². The molecule has 0 saturated carbocycles. The van der Waals surface area contributed by atoms with Gasteiger partial charge in [-0.15, -0.1) is 0 Å². The Morgan fingerprint density at radius 3 is 2.60 bits per heavy atom.